The van der Waals surface area contributed by atoms with Crippen LogP contribution in [0.4, 0.5) is 0 Å². The van der Waals surface area contributed by atoms with Gasteiger partial charge >= 0.3 is 23.1 Å². The number of hydrogen-bond acceptors (Lipinski definition) is 0. The average molecular weight is 414 g/mol. The van der Waals surface area contributed by atoms with Crippen LogP contribution in [0.5, 0.6) is 0 Å². The summed E-state index contributed by atoms with van der Waals surface area (Å²) in [4.78, 5) is 0. The van der Waals surface area contributed by atoms with Gasteiger partial charge in [-0.25, -0.2) is 0 Å². The zero-order valence-electron chi connectivity index (χ0n) is 2.39. The van der Waals surface area contributed by atoms with E-state index in [-0.39, 0.29) is 144 Å². The quantitative estimate of drug-likeness (QED) is 0.399. The predicted octanol–water partition coefficient (Wildman–Crippen LogP) is -2.12. The topological polar surface area (TPSA) is 0 Å². The normalized spacial score (nSPS) is 0. The van der Waals surface area contributed by atoms with E-state index in [1.165, 1.54) is 0 Å². The molecule has 0 aromatic carbocycles. The second kappa shape index (κ2) is 62.8. The van der Waals surface area contributed by atoms with Gasteiger partial charge in [-0.15, -0.1) is 0 Å². The van der Waals surface area contributed by atoms with Crippen molar-refractivity contribution in [3.8, 4) is 0 Å². The Bertz CT molecular complexity index is 24.0. The average Bonchev–Trinajstić information content (AvgIpc) is 0. The van der Waals surface area contributed by atoms with Crippen molar-refractivity contribution in [2.24, 2.45) is 0 Å². The molecule has 3 radical (unpaired) electrons. The van der Waals surface area contributed by atoms with Gasteiger partial charge in [0.05, 0.1) is 0 Å². The fraction of sp³-hybridized carbons (Fsp3) is 0. The molecule has 0 aliphatic heterocycles. The third-order valence-electron chi connectivity index (χ3n) is 0. The minimum Gasteiger partial charge on any atom is 0 e. The first-order chi connectivity index (χ1) is 0. The molecule has 0 nitrogen and oxygen atoms in total. The summed E-state index contributed by atoms with van der Waals surface area (Å²) in [5.41, 5.74) is 0. The molecule has 0 heterocycles. The molecule has 0 N–H and O–H groups in total. The smallest absolute Gasteiger partial charge is 0 e. The summed E-state index contributed by atoms with van der Waals surface area (Å²) < 4.78 is 0. The summed E-state index contributed by atoms with van der Waals surface area (Å²) in [6.07, 6.45) is 0. The van der Waals surface area contributed by atoms with Gasteiger partial charge in [-0.05, 0) is 0 Å². The minimum absolute atomic E-state index is 0. The maximum Gasteiger partial charge on any atom is 0.316 e. The van der Waals surface area contributed by atoms with Crippen LogP contribution in [0, 0.1) is 0 Å². The van der Waals surface area contributed by atoms with Gasteiger partial charge < -0.3 is 0 Å². The summed E-state index contributed by atoms with van der Waals surface area (Å²) >= 11 is 0. The SMILES string of the molecule is [AlH3].[Co].[Cu].[Fe].[MgH2].[Mn].[Ni].[Zn]. The van der Waals surface area contributed by atoms with Crippen molar-refractivity contribution >= 4 is 40.4 Å². The molecular formula is H5AlCoCuFeMgMnNiZn. The number of hydrogen-bond donors (Lipinski definition) is 0. The van der Waals surface area contributed by atoms with Gasteiger partial charge in [-0.3, -0.25) is 0 Å². The molecule has 0 rings (SSSR count). The van der Waals surface area contributed by atoms with Crippen molar-refractivity contribution in [2.75, 3.05) is 0 Å². The van der Waals surface area contributed by atoms with Crippen LogP contribution < -0.4 is 0 Å². The Kier molecular flexibility index (Phi) is 643. The molecule has 0 unspecified atom stereocenters. The second-order valence-corrected chi connectivity index (χ2v) is 0. The van der Waals surface area contributed by atoms with Gasteiger partial charge in [0.25, 0.3) is 0 Å². The van der Waals surface area contributed by atoms with E-state index in [0.717, 1.165) is 0 Å². The second-order valence-electron chi connectivity index (χ2n) is 0. The molecule has 0 saturated carbocycles. The first-order valence-corrected chi connectivity index (χ1v) is 0. The van der Waals surface area contributed by atoms with Gasteiger partial charge in [0.2, 0.25) is 0 Å². The molecule has 0 spiro atoms. The molecule has 0 aromatic heterocycles. The molecular weight excluding hydrogens is 409 g/mol. The molecule has 8 heavy (non-hydrogen) atoms. The van der Waals surface area contributed by atoms with Crippen LogP contribution in [-0.2, 0) is 104 Å². The fourth-order valence-electron chi connectivity index (χ4n) is 0. The van der Waals surface area contributed by atoms with Crippen molar-refractivity contribution in [2.45, 2.75) is 0 Å². The predicted molar refractivity (Wildman–Crippen MR) is 18.5 cm³/mol. The Balaban J connectivity index is 0. The molecule has 0 atom stereocenters. The Morgan fingerprint density at radius 1 is 1.00 bits per heavy atom. The van der Waals surface area contributed by atoms with E-state index >= 15 is 0 Å². The third-order valence-corrected chi connectivity index (χ3v) is 0. The van der Waals surface area contributed by atoms with Crippen LogP contribution in [0.3, 0.4) is 0 Å². The molecule has 0 aliphatic rings. The Morgan fingerprint density at radius 2 is 1.00 bits per heavy atom. The van der Waals surface area contributed by atoms with Crippen molar-refractivity contribution < 1.29 is 104 Å². The van der Waals surface area contributed by atoms with Gasteiger partial charge in [0, 0.05) is 104 Å². The summed E-state index contributed by atoms with van der Waals surface area (Å²) in [5.74, 6) is 0. The van der Waals surface area contributed by atoms with Crippen LogP contribution in [0.1, 0.15) is 0 Å². The maximum atomic E-state index is 0. The van der Waals surface area contributed by atoms with E-state index in [9.17, 15) is 0 Å². The van der Waals surface area contributed by atoms with E-state index in [4.69, 9.17) is 0 Å². The van der Waals surface area contributed by atoms with Crippen LogP contribution in [0.25, 0.3) is 0 Å². The zero-order valence-corrected chi connectivity index (χ0v) is 10.6. The van der Waals surface area contributed by atoms with Crippen LogP contribution in [0.15, 0.2) is 0 Å². The molecule has 0 fully saturated rings. The molecule has 0 aliphatic carbocycles. The van der Waals surface area contributed by atoms with E-state index in [0.29, 0.717) is 0 Å². The minimum atomic E-state index is 0. The fourth-order valence-corrected chi connectivity index (χ4v) is 0. The van der Waals surface area contributed by atoms with Crippen molar-refractivity contribution in [1.29, 1.82) is 0 Å². The first kappa shape index (κ1) is 81.9. The Labute approximate surface area is 142 Å². The Morgan fingerprint density at radius 3 is 1.00 bits per heavy atom. The summed E-state index contributed by atoms with van der Waals surface area (Å²) in [5, 5.41) is 0. The molecule has 0 amide bonds. The van der Waals surface area contributed by atoms with Crippen molar-refractivity contribution in [3.63, 3.8) is 0 Å². The zero-order chi connectivity index (χ0) is 0. The molecule has 0 bridgehead atoms. The summed E-state index contributed by atoms with van der Waals surface area (Å²) in [7, 11) is 0. The number of rotatable bonds is 0. The van der Waals surface area contributed by atoms with Gasteiger partial charge in [0.15, 0.2) is 17.4 Å². The first-order valence-electron chi connectivity index (χ1n) is 0. The van der Waals surface area contributed by atoms with Gasteiger partial charge in [0.1, 0.15) is 0 Å². The van der Waals surface area contributed by atoms with Gasteiger partial charge in [-0.1, -0.05) is 0 Å². The molecule has 0 aromatic rings. The summed E-state index contributed by atoms with van der Waals surface area (Å²) in [6, 6.07) is 0. The van der Waals surface area contributed by atoms with E-state index in [2.05, 4.69) is 0 Å². The molecule has 8 heteroatoms. The van der Waals surface area contributed by atoms with Crippen molar-refractivity contribution in [3.05, 3.63) is 0 Å². The largest absolute Gasteiger partial charge is 0.316 e. The maximum absolute atomic E-state index is 0. The monoisotopic (exact) mass is 411 g/mol. The summed E-state index contributed by atoms with van der Waals surface area (Å²) in [6.45, 7) is 0. The van der Waals surface area contributed by atoms with Crippen molar-refractivity contribution in [1.82, 2.24) is 0 Å². The van der Waals surface area contributed by atoms with E-state index < -0.39 is 0 Å². The van der Waals surface area contributed by atoms with Gasteiger partial charge in [-0.2, -0.15) is 0 Å². The van der Waals surface area contributed by atoms with Crippen LogP contribution in [-0.4, -0.2) is 40.4 Å². The Hall–Kier alpha value is 4.48. The van der Waals surface area contributed by atoms with Crippen LogP contribution in [0.2, 0.25) is 0 Å². The van der Waals surface area contributed by atoms with E-state index in [1.54, 1.807) is 0 Å². The molecule has 57 valence electrons. The third kappa shape index (κ3) is 46.9. The van der Waals surface area contributed by atoms with Crippen LogP contribution >= 0.6 is 0 Å². The van der Waals surface area contributed by atoms with E-state index in [1.807, 2.05) is 0 Å². The molecule has 0 saturated heterocycles. The standard InChI is InChI=1S/Al.Co.Cu.Fe.Mg.Mn.Ni.Zn.5H.